The van der Waals surface area contributed by atoms with E-state index >= 15 is 0 Å². The largest absolute Gasteiger partial charge is 0.507 e. The van der Waals surface area contributed by atoms with Crippen LogP contribution in [0.3, 0.4) is 0 Å². The number of aromatic hydroxyl groups is 1. The lowest BCUT2D eigenvalue weighted by atomic mass is 9.68. The second kappa shape index (κ2) is 11.6. The van der Waals surface area contributed by atoms with E-state index in [1.54, 1.807) is 6.07 Å². The molecule has 0 spiro atoms. The monoisotopic (exact) mass is 680 g/mol. The van der Waals surface area contributed by atoms with Crippen LogP contribution in [-0.4, -0.2) is 15.1 Å². The highest BCUT2D eigenvalue weighted by Crippen LogP contribution is 2.57. The Hall–Kier alpha value is -5.28. The van der Waals surface area contributed by atoms with Crippen LogP contribution in [0.1, 0.15) is 101 Å². The number of benzene rings is 5. The molecular formula is C49H48N2O. The van der Waals surface area contributed by atoms with Crippen LogP contribution in [0.4, 0.5) is 0 Å². The molecule has 2 heterocycles. The minimum absolute atomic E-state index is 0.0392. The topological polar surface area (TPSA) is 46.0 Å². The summed E-state index contributed by atoms with van der Waals surface area (Å²) in [5, 5.41) is 14.3. The maximum Gasteiger partial charge on any atom is 0.124 e. The Labute approximate surface area is 308 Å². The van der Waals surface area contributed by atoms with Gasteiger partial charge in [0.25, 0.3) is 0 Å². The molecule has 1 aliphatic rings. The lowest BCUT2D eigenvalue weighted by Gasteiger charge is -2.34. The Morgan fingerprint density at radius 3 is 1.73 bits per heavy atom. The van der Waals surface area contributed by atoms with E-state index < -0.39 is 5.41 Å². The van der Waals surface area contributed by atoms with Crippen molar-refractivity contribution in [1.82, 2.24) is 9.97 Å². The average Bonchev–Trinajstić information content (AvgIpc) is 3.40. The molecule has 0 amide bonds. The summed E-state index contributed by atoms with van der Waals surface area (Å²) in [6.45, 7) is 20.5. The van der Waals surface area contributed by atoms with Crippen LogP contribution < -0.4 is 0 Å². The Morgan fingerprint density at radius 1 is 0.538 bits per heavy atom. The average molecular weight is 681 g/mol. The maximum atomic E-state index is 11.0. The van der Waals surface area contributed by atoms with Crippen LogP contribution in [0.15, 0.2) is 121 Å². The molecular weight excluding hydrogens is 633 g/mol. The van der Waals surface area contributed by atoms with Crippen LogP contribution in [0.2, 0.25) is 0 Å². The molecule has 3 heteroatoms. The normalized spacial score (nSPS) is 14.1. The summed E-state index contributed by atoms with van der Waals surface area (Å²) in [6.07, 6.45) is 1.93. The van der Waals surface area contributed by atoms with Gasteiger partial charge in [-0.1, -0.05) is 141 Å². The van der Waals surface area contributed by atoms with Crippen molar-refractivity contribution in [3.63, 3.8) is 0 Å². The van der Waals surface area contributed by atoms with Crippen molar-refractivity contribution in [1.29, 1.82) is 0 Å². The van der Waals surface area contributed by atoms with Crippen LogP contribution in [0.5, 0.6) is 5.75 Å². The van der Waals surface area contributed by atoms with Crippen LogP contribution in [0, 0.1) is 0 Å². The number of phenols is 1. The van der Waals surface area contributed by atoms with Gasteiger partial charge in [-0.15, -0.1) is 0 Å². The molecule has 0 aliphatic heterocycles. The van der Waals surface area contributed by atoms with Crippen molar-refractivity contribution in [3.8, 4) is 28.1 Å². The van der Waals surface area contributed by atoms with E-state index in [2.05, 4.69) is 147 Å². The van der Waals surface area contributed by atoms with Gasteiger partial charge < -0.3 is 5.11 Å². The number of fused-ring (bicyclic) bond motifs is 6. The molecule has 5 aromatic carbocycles. The molecule has 0 atom stereocenters. The number of hydrogen-bond acceptors (Lipinski definition) is 3. The zero-order valence-corrected chi connectivity index (χ0v) is 31.9. The van der Waals surface area contributed by atoms with Gasteiger partial charge in [-0.05, 0) is 103 Å². The van der Waals surface area contributed by atoms with Crippen LogP contribution in [0.25, 0.3) is 44.1 Å². The predicted molar refractivity (Wildman–Crippen MR) is 218 cm³/mol. The fraction of sp³-hybridized carbons (Fsp3) is 0.265. The molecule has 0 saturated heterocycles. The summed E-state index contributed by atoms with van der Waals surface area (Å²) in [4.78, 5) is 10.6. The first-order valence-corrected chi connectivity index (χ1v) is 18.5. The summed E-state index contributed by atoms with van der Waals surface area (Å²) >= 11 is 0. The summed E-state index contributed by atoms with van der Waals surface area (Å²) < 4.78 is 0. The first-order valence-electron chi connectivity index (χ1n) is 18.5. The van der Waals surface area contributed by atoms with E-state index in [1.807, 2.05) is 30.5 Å². The van der Waals surface area contributed by atoms with Crippen molar-refractivity contribution in [3.05, 3.63) is 161 Å². The number of nitrogens with zero attached hydrogens (tertiary/aromatic N) is 2. The van der Waals surface area contributed by atoms with E-state index in [4.69, 9.17) is 9.97 Å². The van der Waals surface area contributed by atoms with Crippen molar-refractivity contribution >= 4 is 21.7 Å². The summed E-state index contributed by atoms with van der Waals surface area (Å²) in [5.74, 6) is 0.229. The lowest BCUT2D eigenvalue weighted by Crippen LogP contribution is -2.30. The molecule has 52 heavy (non-hydrogen) atoms. The highest BCUT2D eigenvalue weighted by Gasteiger charge is 2.48. The molecule has 8 rings (SSSR count). The molecule has 0 unspecified atom stereocenters. The van der Waals surface area contributed by atoms with Gasteiger partial charge in [-0.2, -0.15) is 0 Å². The van der Waals surface area contributed by atoms with E-state index in [9.17, 15) is 5.11 Å². The fourth-order valence-corrected chi connectivity index (χ4v) is 8.27. The SMILES string of the molecule is CC(C)(C)c1ccc2c(c1)C(c1ccc3ccc4c(C(C)(C)C)cc(-c5ccccc5O)nc4c3c1)(c1ccccn1)c1cc(C(C)(C)C)ccc1-2. The molecule has 0 saturated carbocycles. The van der Waals surface area contributed by atoms with Crippen molar-refractivity contribution in [2.45, 2.75) is 84.0 Å². The fourth-order valence-electron chi connectivity index (χ4n) is 8.27. The standard InChI is InChI=1S/C49H48N2O/c1-46(2,3)31-20-23-34-35-24-21-32(47(4,5)6)28-41(35)49(40(34)27-31,44-16-12-13-25-50-44)33-19-17-30-18-22-36-39(48(7,8)9)29-42(51-45(36)38(30)26-33)37-14-10-11-15-43(37)52/h10-29,52H,1-9H3. The molecule has 1 aliphatic carbocycles. The van der Waals surface area contributed by atoms with Crippen molar-refractivity contribution in [2.24, 2.45) is 0 Å². The van der Waals surface area contributed by atoms with Gasteiger partial charge in [0.2, 0.25) is 0 Å². The van der Waals surface area contributed by atoms with E-state index in [0.717, 1.165) is 44.2 Å². The second-order valence-electron chi connectivity index (χ2n) is 17.7. The third-order valence-electron chi connectivity index (χ3n) is 11.1. The molecule has 1 N–H and O–H groups in total. The third kappa shape index (κ3) is 5.24. The Kier molecular flexibility index (Phi) is 7.56. The van der Waals surface area contributed by atoms with E-state index in [-0.39, 0.29) is 22.0 Å². The van der Waals surface area contributed by atoms with E-state index in [1.165, 1.54) is 38.9 Å². The Morgan fingerprint density at radius 2 is 1.15 bits per heavy atom. The van der Waals surface area contributed by atoms with Crippen LogP contribution in [-0.2, 0) is 21.7 Å². The molecule has 0 fully saturated rings. The lowest BCUT2D eigenvalue weighted by molar-refractivity contribution is 0.477. The van der Waals surface area contributed by atoms with Crippen molar-refractivity contribution in [2.75, 3.05) is 0 Å². The Balaban J connectivity index is 1.53. The zero-order valence-electron chi connectivity index (χ0n) is 31.9. The molecule has 0 radical (unpaired) electrons. The summed E-state index contributed by atoms with van der Waals surface area (Å²) in [5.41, 5.74) is 12.5. The quantitative estimate of drug-likeness (QED) is 0.189. The second-order valence-corrected chi connectivity index (χ2v) is 17.7. The predicted octanol–water partition coefficient (Wildman–Crippen LogP) is 12.4. The number of rotatable bonds is 3. The van der Waals surface area contributed by atoms with E-state index in [0.29, 0.717) is 0 Å². The smallest absolute Gasteiger partial charge is 0.124 e. The van der Waals surface area contributed by atoms with Gasteiger partial charge in [0, 0.05) is 22.5 Å². The molecule has 7 aromatic rings. The highest BCUT2D eigenvalue weighted by atomic mass is 16.3. The molecule has 260 valence electrons. The highest BCUT2D eigenvalue weighted by molar-refractivity contribution is 6.08. The molecule has 2 aromatic heterocycles. The van der Waals surface area contributed by atoms with Gasteiger partial charge >= 0.3 is 0 Å². The minimum Gasteiger partial charge on any atom is -0.507 e. The van der Waals surface area contributed by atoms with Crippen LogP contribution >= 0.6 is 0 Å². The number of pyridine rings is 2. The van der Waals surface area contributed by atoms with Gasteiger partial charge in [-0.3, -0.25) is 4.98 Å². The van der Waals surface area contributed by atoms with Gasteiger partial charge in [0.1, 0.15) is 5.75 Å². The van der Waals surface area contributed by atoms with Crippen molar-refractivity contribution < 1.29 is 5.11 Å². The van der Waals surface area contributed by atoms with Gasteiger partial charge in [0.15, 0.2) is 0 Å². The number of hydrogen-bond donors (Lipinski definition) is 1. The number of phenolic OH excluding ortho intramolecular Hbond substituents is 1. The van der Waals surface area contributed by atoms with Gasteiger partial charge in [0.05, 0.1) is 22.3 Å². The Bertz CT molecular complexity index is 2460. The summed E-state index contributed by atoms with van der Waals surface area (Å²) in [6, 6.07) is 41.6. The number of para-hydroxylation sites is 1. The maximum absolute atomic E-state index is 11.0. The first kappa shape index (κ1) is 33.8. The number of aromatic nitrogens is 2. The molecule has 3 nitrogen and oxygen atoms in total. The van der Waals surface area contributed by atoms with Gasteiger partial charge in [-0.25, -0.2) is 4.98 Å². The third-order valence-corrected chi connectivity index (χ3v) is 11.1. The first-order chi connectivity index (χ1) is 24.6. The minimum atomic E-state index is -0.674. The molecule has 0 bridgehead atoms. The zero-order chi connectivity index (χ0) is 36.8. The summed E-state index contributed by atoms with van der Waals surface area (Å²) in [7, 11) is 0.